The summed E-state index contributed by atoms with van der Waals surface area (Å²) in [6.07, 6.45) is 7.13. The van der Waals surface area contributed by atoms with E-state index in [2.05, 4.69) is 10.4 Å². The molecule has 102 valence electrons. The van der Waals surface area contributed by atoms with E-state index in [1.807, 2.05) is 0 Å². The van der Waals surface area contributed by atoms with Crippen molar-refractivity contribution in [3.63, 3.8) is 0 Å². The molecule has 1 aromatic heterocycles. The summed E-state index contributed by atoms with van der Waals surface area (Å²) in [7, 11) is 0. The van der Waals surface area contributed by atoms with Crippen molar-refractivity contribution in [1.29, 1.82) is 0 Å². The van der Waals surface area contributed by atoms with Gasteiger partial charge in [0.1, 0.15) is 0 Å². The molecule has 6 nitrogen and oxygen atoms in total. The molecule has 1 rings (SSSR count). The predicted octanol–water partition coefficient (Wildman–Crippen LogP) is 0.158. The number of amides is 1. The molecule has 0 saturated carbocycles. The Morgan fingerprint density at radius 1 is 1.22 bits per heavy atom. The predicted molar refractivity (Wildman–Crippen MR) is 67.2 cm³/mol. The lowest BCUT2D eigenvalue weighted by atomic mass is 10.2. The average molecular weight is 255 g/mol. The topological polar surface area (TPSA) is 87.4 Å². The van der Waals surface area contributed by atoms with Crippen molar-refractivity contribution in [1.82, 2.24) is 15.1 Å². The van der Waals surface area contributed by atoms with E-state index in [-0.39, 0.29) is 25.7 Å². The number of hydrogen-bond donors (Lipinski definition) is 3. The molecule has 0 spiro atoms. The first-order chi connectivity index (χ1) is 8.77. The summed E-state index contributed by atoms with van der Waals surface area (Å²) in [5.74, 6) is -0.212. The molecule has 6 heteroatoms. The first-order valence-corrected chi connectivity index (χ1v) is 6.30. The number of aliphatic hydroxyl groups is 2. The standard InChI is InChI=1S/C12H21N3O3/c16-7-4-2-1-3-6-15-10-11(9-14-15)12(18)13-5-8-17/h9-10,16-17H,1-8H2,(H,13,18). The minimum Gasteiger partial charge on any atom is -0.396 e. The highest BCUT2D eigenvalue weighted by Gasteiger charge is 2.07. The summed E-state index contributed by atoms with van der Waals surface area (Å²) < 4.78 is 1.74. The maximum absolute atomic E-state index is 11.5. The Morgan fingerprint density at radius 2 is 2.00 bits per heavy atom. The maximum Gasteiger partial charge on any atom is 0.254 e. The van der Waals surface area contributed by atoms with Gasteiger partial charge in [-0.15, -0.1) is 0 Å². The van der Waals surface area contributed by atoms with Gasteiger partial charge in [-0.25, -0.2) is 0 Å². The van der Waals surface area contributed by atoms with Gasteiger partial charge in [0.05, 0.1) is 18.4 Å². The normalized spacial score (nSPS) is 10.6. The van der Waals surface area contributed by atoms with Crippen molar-refractivity contribution in [2.75, 3.05) is 19.8 Å². The second-order valence-corrected chi connectivity index (χ2v) is 4.11. The molecule has 0 unspecified atom stereocenters. The molecule has 0 aliphatic carbocycles. The van der Waals surface area contributed by atoms with Crippen LogP contribution in [0.5, 0.6) is 0 Å². The highest BCUT2D eigenvalue weighted by Crippen LogP contribution is 2.03. The van der Waals surface area contributed by atoms with Crippen LogP contribution >= 0.6 is 0 Å². The molecule has 1 aromatic rings. The van der Waals surface area contributed by atoms with E-state index in [0.717, 1.165) is 32.2 Å². The molecular formula is C12H21N3O3. The minimum atomic E-state index is -0.212. The molecule has 0 fully saturated rings. The van der Waals surface area contributed by atoms with Crippen LogP contribution in [0.4, 0.5) is 0 Å². The van der Waals surface area contributed by atoms with E-state index in [9.17, 15) is 4.79 Å². The van der Waals surface area contributed by atoms with Crippen molar-refractivity contribution in [2.45, 2.75) is 32.2 Å². The zero-order valence-electron chi connectivity index (χ0n) is 10.5. The van der Waals surface area contributed by atoms with Gasteiger partial charge in [-0.1, -0.05) is 12.8 Å². The summed E-state index contributed by atoms with van der Waals surface area (Å²) in [4.78, 5) is 11.5. The van der Waals surface area contributed by atoms with Crippen molar-refractivity contribution in [3.05, 3.63) is 18.0 Å². The lowest BCUT2D eigenvalue weighted by Gasteiger charge is -2.01. The Kier molecular flexibility index (Phi) is 7.05. The molecule has 1 amide bonds. The van der Waals surface area contributed by atoms with Crippen molar-refractivity contribution in [3.8, 4) is 0 Å². The highest BCUT2D eigenvalue weighted by atomic mass is 16.3. The largest absolute Gasteiger partial charge is 0.396 e. The fourth-order valence-corrected chi connectivity index (χ4v) is 1.61. The Morgan fingerprint density at radius 3 is 2.72 bits per heavy atom. The number of nitrogens with zero attached hydrogens (tertiary/aromatic N) is 2. The second-order valence-electron chi connectivity index (χ2n) is 4.11. The number of carbonyl (C=O) groups excluding carboxylic acids is 1. The molecule has 0 bridgehead atoms. The molecule has 0 aliphatic heterocycles. The molecule has 3 N–H and O–H groups in total. The van der Waals surface area contributed by atoms with Crippen LogP contribution in [0.2, 0.25) is 0 Å². The van der Waals surface area contributed by atoms with E-state index in [4.69, 9.17) is 10.2 Å². The van der Waals surface area contributed by atoms with E-state index in [1.165, 1.54) is 6.20 Å². The molecule has 18 heavy (non-hydrogen) atoms. The van der Waals surface area contributed by atoms with Crippen molar-refractivity contribution >= 4 is 5.91 Å². The number of hydrogen-bond acceptors (Lipinski definition) is 4. The molecule has 0 aliphatic rings. The quantitative estimate of drug-likeness (QED) is 0.548. The summed E-state index contributed by atoms with van der Waals surface area (Å²) in [5.41, 5.74) is 0.513. The Hall–Kier alpha value is -1.40. The number of nitrogens with one attached hydrogen (secondary N) is 1. The first-order valence-electron chi connectivity index (χ1n) is 6.30. The van der Waals surface area contributed by atoms with Crippen LogP contribution < -0.4 is 5.32 Å². The monoisotopic (exact) mass is 255 g/mol. The van der Waals surface area contributed by atoms with Gasteiger partial charge in [0, 0.05) is 25.9 Å². The van der Waals surface area contributed by atoms with Crippen molar-refractivity contribution in [2.24, 2.45) is 0 Å². The van der Waals surface area contributed by atoms with E-state index < -0.39 is 0 Å². The van der Waals surface area contributed by atoms with Gasteiger partial charge in [0.15, 0.2) is 0 Å². The van der Waals surface area contributed by atoms with Crippen LogP contribution in [0.3, 0.4) is 0 Å². The van der Waals surface area contributed by atoms with Gasteiger partial charge in [-0.3, -0.25) is 9.48 Å². The molecule has 0 saturated heterocycles. The van der Waals surface area contributed by atoms with Crippen LogP contribution in [0, 0.1) is 0 Å². The Labute approximate surface area is 107 Å². The number of aryl methyl sites for hydroxylation is 1. The van der Waals surface area contributed by atoms with E-state index in [1.54, 1.807) is 10.9 Å². The molecule has 0 atom stereocenters. The first kappa shape index (κ1) is 14.7. The van der Waals surface area contributed by atoms with Gasteiger partial charge >= 0.3 is 0 Å². The van der Waals surface area contributed by atoms with Gasteiger partial charge < -0.3 is 15.5 Å². The Balaban J connectivity index is 2.27. The maximum atomic E-state index is 11.5. The second kappa shape index (κ2) is 8.66. The van der Waals surface area contributed by atoms with Crippen molar-refractivity contribution < 1.29 is 15.0 Å². The van der Waals surface area contributed by atoms with Gasteiger partial charge in [0.25, 0.3) is 5.91 Å². The summed E-state index contributed by atoms with van der Waals surface area (Å²) >= 11 is 0. The summed E-state index contributed by atoms with van der Waals surface area (Å²) in [6, 6.07) is 0. The fourth-order valence-electron chi connectivity index (χ4n) is 1.61. The molecule has 0 radical (unpaired) electrons. The molecular weight excluding hydrogens is 234 g/mol. The zero-order chi connectivity index (χ0) is 13.2. The SMILES string of the molecule is O=C(NCCO)c1cnn(CCCCCCO)c1. The van der Waals surface area contributed by atoms with E-state index in [0.29, 0.717) is 5.56 Å². The number of aromatic nitrogens is 2. The summed E-state index contributed by atoms with van der Waals surface area (Å²) in [6.45, 7) is 1.21. The van der Waals surface area contributed by atoms with Crippen LogP contribution in [-0.2, 0) is 6.54 Å². The number of unbranched alkanes of at least 4 members (excludes halogenated alkanes) is 3. The van der Waals surface area contributed by atoms with Gasteiger partial charge in [-0.05, 0) is 12.8 Å². The van der Waals surface area contributed by atoms with E-state index >= 15 is 0 Å². The lowest BCUT2D eigenvalue weighted by molar-refractivity contribution is 0.0944. The van der Waals surface area contributed by atoms with Gasteiger partial charge in [-0.2, -0.15) is 5.10 Å². The third-order valence-corrected chi connectivity index (χ3v) is 2.59. The third kappa shape index (κ3) is 5.29. The number of rotatable bonds is 9. The highest BCUT2D eigenvalue weighted by molar-refractivity contribution is 5.93. The number of carbonyl (C=O) groups is 1. The van der Waals surface area contributed by atoms with Gasteiger partial charge in [0.2, 0.25) is 0 Å². The fraction of sp³-hybridized carbons (Fsp3) is 0.667. The zero-order valence-corrected chi connectivity index (χ0v) is 10.5. The third-order valence-electron chi connectivity index (χ3n) is 2.59. The average Bonchev–Trinajstić information content (AvgIpc) is 2.84. The molecule has 0 aromatic carbocycles. The Bertz CT molecular complexity index is 352. The van der Waals surface area contributed by atoms with Crippen LogP contribution in [0.1, 0.15) is 36.0 Å². The molecule has 1 heterocycles. The minimum absolute atomic E-state index is 0.0647. The van der Waals surface area contributed by atoms with Crippen LogP contribution in [0.15, 0.2) is 12.4 Å². The smallest absolute Gasteiger partial charge is 0.254 e. The summed E-state index contributed by atoms with van der Waals surface area (Å²) in [5, 5.41) is 23.9. The van der Waals surface area contributed by atoms with Crippen LogP contribution in [0.25, 0.3) is 0 Å². The number of aliphatic hydroxyl groups excluding tert-OH is 2. The lowest BCUT2D eigenvalue weighted by Crippen LogP contribution is -2.25. The van der Waals surface area contributed by atoms with Crippen LogP contribution in [-0.4, -0.2) is 45.7 Å².